The predicted molar refractivity (Wildman–Crippen MR) is 112 cm³/mol. The van der Waals surface area contributed by atoms with E-state index >= 15 is 0 Å². The summed E-state index contributed by atoms with van der Waals surface area (Å²) in [7, 11) is 1.82. The first-order valence-corrected chi connectivity index (χ1v) is 9.01. The highest BCUT2D eigenvalue weighted by Crippen LogP contribution is 2.47. The molecule has 1 saturated carbocycles. The summed E-state index contributed by atoms with van der Waals surface area (Å²) in [5.41, 5.74) is 1.71. The molecule has 1 heterocycles. The number of benzene rings is 1. The van der Waals surface area contributed by atoms with Crippen molar-refractivity contribution in [1.29, 1.82) is 0 Å². The van der Waals surface area contributed by atoms with Crippen molar-refractivity contribution in [3.63, 3.8) is 0 Å². The minimum atomic E-state index is 0. The zero-order valence-corrected chi connectivity index (χ0v) is 17.4. The van der Waals surface area contributed by atoms with Crippen molar-refractivity contribution in [2.45, 2.75) is 38.1 Å². The maximum atomic E-state index is 4.44. The fraction of sp³-hybridized carbons (Fsp3) is 0.444. The molecular weight excluding hydrogens is 431 g/mol. The van der Waals surface area contributed by atoms with E-state index in [1.54, 1.807) is 11.3 Å². The van der Waals surface area contributed by atoms with Crippen molar-refractivity contribution < 1.29 is 0 Å². The molecule has 2 aromatic rings. The smallest absolute Gasteiger partial charge is 0.191 e. The van der Waals surface area contributed by atoms with E-state index in [0.717, 1.165) is 30.5 Å². The zero-order chi connectivity index (χ0) is 16.1. The topological polar surface area (TPSA) is 49.3 Å². The second kappa shape index (κ2) is 8.80. The van der Waals surface area contributed by atoms with E-state index in [1.807, 2.05) is 13.2 Å². The van der Waals surface area contributed by atoms with Gasteiger partial charge in [0.2, 0.25) is 0 Å². The highest BCUT2D eigenvalue weighted by molar-refractivity contribution is 14.0. The summed E-state index contributed by atoms with van der Waals surface area (Å²) in [6.45, 7) is 3.81. The number of nitrogens with one attached hydrogen (secondary N) is 2. The van der Waals surface area contributed by atoms with Gasteiger partial charge < -0.3 is 10.6 Å². The lowest BCUT2D eigenvalue weighted by Gasteiger charge is -2.18. The van der Waals surface area contributed by atoms with E-state index in [4.69, 9.17) is 0 Å². The summed E-state index contributed by atoms with van der Waals surface area (Å²) >= 11 is 1.76. The number of aliphatic imine (C=N–C) groups is 1. The average Bonchev–Trinajstić information content (AvgIpc) is 3.26. The van der Waals surface area contributed by atoms with Crippen molar-refractivity contribution in [2.75, 3.05) is 13.6 Å². The molecule has 0 bridgehead atoms. The second-order valence-corrected chi connectivity index (χ2v) is 7.20. The molecule has 2 N–H and O–H groups in total. The number of guanidine groups is 1. The number of aryl methyl sites for hydroxylation is 1. The predicted octanol–water partition coefficient (Wildman–Crippen LogP) is 3.72. The Labute approximate surface area is 165 Å². The highest BCUT2D eigenvalue weighted by atomic mass is 127. The van der Waals surface area contributed by atoms with Crippen molar-refractivity contribution in [2.24, 2.45) is 4.99 Å². The Morgan fingerprint density at radius 3 is 2.58 bits per heavy atom. The number of nitrogens with zero attached hydrogens (tertiary/aromatic N) is 2. The van der Waals surface area contributed by atoms with Gasteiger partial charge >= 0.3 is 0 Å². The summed E-state index contributed by atoms with van der Waals surface area (Å²) in [5, 5.41) is 7.94. The Morgan fingerprint density at radius 1 is 1.25 bits per heavy atom. The van der Waals surface area contributed by atoms with Crippen LogP contribution in [0.4, 0.5) is 0 Å². The zero-order valence-electron chi connectivity index (χ0n) is 14.2. The van der Waals surface area contributed by atoms with Crippen molar-refractivity contribution in [3.05, 3.63) is 52.0 Å². The largest absolute Gasteiger partial charge is 0.356 e. The van der Waals surface area contributed by atoms with Crippen LogP contribution in [-0.2, 0) is 18.4 Å². The van der Waals surface area contributed by atoms with E-state index < -0.39 is 0 Å². The average molecular weight is 456 g/mol. The van der Waals surface area contributed by atoms with Gasteiger partial charge in [-0.15, -0.1) is 35.3 Å². The molecule has 0 radical (unpaired) electrons. The van der Waals surface area contributed by atoms with Crippen LogP contribution in [0.15, 0.2) is 41.5 Å². The number of aromatic nitrogens is 1. The molecule has 4 nitrogen and oxygen atoms in total. The van der Waals surface area contributed by atoms with E-state index in [0.29, 0.717) is 0 Å². The van der Waals surface area contributed by atoms with E-state index in [-0.39, 0.29) is 29.4 Å². The minimum absolute atomic E-state index is 0. The standard InChI is InChI=1S/C18H24N4S.HI/c1-3-15-11-20-16(23-15)12-21-17(19-2)22-13-18(9-10-18)14-7-5-4-6-8-14;/h4-8,11H,3,9-10,12-13H2,1-2H3,(H2,19,21,22);1H. The Balaban J connectivity index is 0.00000208. The lowest BCUT2D eigenvalue weighted by atomic mass is 9.96. The van der Waals surface area contributed by atoms with Gasteiger partial charge in [0.1, 0.15) is 5.01 Å². The molecule has 24 heavy (non-hydrogen) atoms. The van der Waals surface area contributed by atoms with Gasteiger partial charge in [-0.05, 0) is 24.8 Å². The number of halogens is 1. The van der Waals surface area contributed by atoms with Gasteiger partial charge in [0.25, 0.3) is 0 Å². The summed E-state index contributed by atoms with van der Waals surface area (Å²) in [6, 6.07) is 10.8. The lowest BCUT2D eigenvalue weighted by Crippen LogP contribution is -2.40. The van der Waals surface area contributed by atoms with Gasteiger partial charge in [0.05, 0.1) is 6.54 Å². The molecule has 0 spiro atoms. The molecule has 0 amide bonds. The highest BCUT2D eigenvalue weighted by Gasteiger charge is 2.43. The molecule has 6 heteroatoms. The molecule has 0 saturated heterocycles. The number of hydrogen-bond acceptors (Lipinski definition) is 3. The molecular formula is C18H25IN4S. The van der Waals surface area contributed by atoms with Gasteiger partial charge in [-0.3, -0.25) is 4.99 Å². The van der Waals surface area contributed by atoms with E-state index in [2.05, 4.69) is 57.9 Å². The van der Waals surface area contributed by atoms with Crippen molar-refractivity contribution >= 4 is 41.3 Å². The van der Waals surface area contributed by atoms with Crippen LogP contribution in [-0.4, -0.2) is 24.5 Å². The van der Waals surface area contributed by atoms with Crippen molar-refractivity contribution in [1.82, 2.24) is 15.6 Å². The Bertz CT molecular complexity index is 665. The van der Waals surface area contributed by atoms with Gasteiger partial charge in [0, 0.05) is 30.1 Å². The van der Waals surface area contributed by atoms with Crippen LogP contribution >= 0.6 is 35.3 Å². The summed E-state index contributed by atoms with van der Waals surface area (Å²) in [4.78, 5) is 10.1. The summed E-state index contributed by atoms with van der Waals surface area (Å²) < 4.78 is 0. The fourth-order valence-electron chi connectivity index (χ4n) is 2.74. The van der Waals surface area contributed by atoms with Crippen LogP contribution in [0.2, 0.25) is 0 Å². The molecule has 130 valence electrons. The van der Waals surface area contributed by atoms with Crippen LogP contribution in [0.1, 0.15) is 35.2 Å². The molecule has 0 unspecified atom stereocenters. The monoisotopic (exact) mass is 456 g/mol. The van der Waals surface area contributed by atoms with Crippen LogP contribution in [0.25, 0.3) is 0 Å². The third-order valence-corrected chi connectivity index (χ3v) is 5.56. The quantitative estimate of drug-likeness (QED) is 0.396. The van der Waals surface area contributed by atoms with Gasteiger partial charge in [0.15, 0.2) is 5.96 Å². The fourth-order valence-corrected chi connectivity index (χ4v) is 3.54. The molecule has 0 aliphatic heterocycles. The maximum Gasteiger partial charge on any atom is 0.191 e. The van der Waals surface area contributed by atoms with Crippen molar-refractivity contribution in [3.8, 4) is 0 Å². The minimum Gasteiger partial charge on any atom is -0.356 e. The van der Waals surface area contributed by atoms with Crippen LogP contribution in [0.3, 0.4) is 0 Å². The Hall–Kier alpha value is -1.15. The van der Waals surface area contributed by atoms with Gasteiger partial charge in [-0.2, -0.15) is 0 Å². The molecule has 1 aromatic heterocycles. The summed E-state index contributed by atoms with van der Waals surface area (Å²) in [5.74, 6) is 0.848. The Kier molecular flexibility index (Phi) is 7.03. The first-order chi connectivity index (χ1) is 11.3. The first kappa shape index (κ1) is 19.2. The number of rotatable bonds is 6. The van der Waals surface area contributed by atoms with Crippen LogP contribution in [0, 0.1) is 0 Å². The maximum absolute atomic E-state index is 4.44. The van der Waals surface area contributed by atoms with E-state index in [1.165, 1.54) is 23.3 Å². The molecule has 1 aliphatic carbocycles. The molecule has 1 fully saturated rings. The molecule has 1 aliphatic rings. The van der Waals surface area contributed by atoms with E-state index in [9.17, 15) is 0 Å². The van der Waals surface area contributed by atoms with Crippen LogP contribution in [0.5, 0.6) is 0 Å². The second-order valence-electron chi connectivity index (χ2n) is 6.00. The SMILES string of the molecule is CCc1cnc(CNC(=NC)NCC2(c3ccccc3)CC2)s1.I. The van der Waals surface area contributed by atoms with Gasteiger partial charge in [-0.25, -0.2) is 4.98 Å². The third kappa shape index (κ3) is 4.69. The number of thiazole rings is 1. The normalized spacial score (nSPS) is 15.5. The third-order valence-electron chi connectivity index (χ3n) is 4.41. The summed E-state index contributed by atoms with van der Waals surface area (Å²) in [6.07, 6.45) is 5.50. The molecule has 1 aromatic carbocycles. The van der Waals surface area contributed by atoms with Crippen LogP contribution < -0.4 is 10.6 Å². The molecule has 3 rings (SSSR count). The lowest BCUT2D eigenvalue weighted by molar-refractivity contribution is 0.645. The molecule has 0 atom stereocenters. The Morgan fingerprint density at radius 2 is 2.00 bits per heavy atom. The number of hydrogen-bond donors (Lipinski definition) is 2. The first-order valence-electron chi connectivity index (χ1n) is 8.19. The van der Waals surface area contributed by atoms with Gasteiger partial charge in [-0.1, -0.05) is 37.3 Å².